The van der Waals surface area contributed by atoms with Gasteiger partial charge in [-0.1, -0.05) is 78.9 Å². The van der Waals surface area contributed by atoms with Gasteiger partial charge >= 0.3 is 0 Å². The molecule has 0 unspecified atom stereocenters. The van der Waals surface area contributed by atoms with E-state index < -0.39 is 28.5 Å². The molecule has 1 atom stereocenters. The van der Waals surface area contributed by atoms with Gasteiger partial charge in [-0.05, 0) is 67.3 Å². The largest absolute Gasteiger partial charge is 0.494 e. The fourth-order valence-corrected chi connectivity index (χ4v) is 6.74. The lowest BCUT2D eigenvalue weighted by Gasteiger charge is -2.35. The fraction of sp³-hybridized carbons (Fsp3) is 0.394. The Morgan fingerprint density at radius 3 is 2.27 bits per heavy atom. The van der Waals surface area contributed by atoms with E-state index >= 15 is 0 Å². The van der Waals surface area contributed by atoms with Crippen LogP contribution < -0.4 is 14.4 Å². The predicted molar refractivity (Wildman–Crippen MR) is 176 cm³/mol. The first-order valence-electron chi connectivity index (χ1n) is 14.8. The Labute approximate surface area is 270 Å². The Balaban J connectivity index is 1.72. The maximum Gasteiger partial charge on any atom is 0.244 e. The third-order valence-corrected chi connectivity index (χ3v) is 9.42. The summed E-state index contributed by atoms with van der Waals surface area (Å²) in [7, 11) is -3.88. The highest BCUT2D eigenvalue weighted by atomic mass is 35.5. The summed E-state index contributed by atoms with van der Waals surface area (Å²) in [5.41, 5.74) is 1.75. The third kappa shape index (κ3) is 9.36. The molecule has 4 rings (SSSR count). The topological polar surface area (TPSA) is 96.0 Å². The zero-order valence-corrected chi connectivity index (χ0v) is 27.4. The summed E-state index contributed by atoms with van der Waals surface area (Å²) in [6.07, 6.45) is 6.23. The number of sulfonamides is 1. The summed E-state index contributed by atoms with van der Waals surface area (Å²) in [6.45, 7) is 1.78. The second-order valence-electron chi connectivity index (χ2n) is 11.0. The molecule has 3 aromatic carbocycles. The highest BCUT2D eigenvalue weighted by molar-refractivity contribution is 7.92. The molecule has 0 aromatic heterocycles. The molecule has 1 fully saturated rings. The minimum atomic E-state index is -3.88. The van der Waals surface area contributed by atoms with E-state index in [4.69, 9.17) is 27.9 Å². The maximum absolute atomic E-state index is 14.3. The molecule has 0 aliphatic heterocycles. The number of benzene rings is 3. The van der Waals surface area contributed by atoms with Crippen molar-refractivity contribution in [3.05, 3.63) is 94.0 Å². The molecule has 0 saturated heterocycles. The van der Waals surface area contributed by atoms with Crippen LogP contribution in [-0.2, 0) is 32.6 Å². The molecule has 8 nitrogen and oxygen atoms in total. The van der Waals surface area contributed by atoms with E-state index in [9.17, 15) is 18.0 Å². The Morgan fingerprint density at radius 1 is 0.977 bits per heavy atom. The minimum absolute atomic E-state index is 0.0157. The summed E-state index contributed by atoms with van der Waals surface area (Å²) >= 11 is 12.7. The number of carbonyl (C=O) groups excluding carboxylic acids is 2. The molecular formula is C33H39Cl2N3O5S. The van der Waals surface area contributed by atoms with Crippen molar-refractivity contribution in [3.63, 3.8) is 0 Å². The van der Waals surface area contributed by atoms with Crippen molar-refractivity contribution in [1.29, 1.82) is 0 Å². The summed E-state index contributed by atoms with van der Waals surface area (Å²) in [6, 6.07) is 20.0. The third-order valence-electron chi connectivity index (χ3n) is 7.69. The highest BCUT2D eigenvalue weighted by Crippen LogP contribution is 2.27. The molecule has 236 valence electrons. The lowest BCUT2D eigenvalue weighted by molar-refractivity contribution is -0.140. The van der Waals surface area contributed by atoms with Gasteiger partial charge in [-0.3, -0.25) is 13.9 Å². The van der Waals surface area contributed by atoms with E-state index in [0.29, 0.717) is 33.7 Å². The number of ether oxygens (including phenoxy) is 1. The Hall–Kier alpha value is -3.27. The number of rotatable bonds is 13. The van der Waals surface area contributed by atoms with Gasteiger partial charge in [-0.2, -0.15) is 0 Å². The van der Waals surface area contributed by atoms with Gasteiger partial charge < -0.3 is 15.0 Å². The molecular weight excluding hydrogens is 621 g/mol. The van der Waals surface area contributed by atoms with Crippen molar-refractivity contribution in [2.24, 2.45) is 0 Å². The van der Waals surface area contributed by atoms with Gasteiger partial charge in [-0.25, -0.2) is 8.42 Å². The fourth-order valence-electron chi connectivity index (χ4n) is 5.42. The summed E-state index contributed by atoms with van der Waals surface area (Å²) in [5, 5.41) is 3.96. The van der Waals surface area contributed by atoms with Crippen LogP contribution in [0.4, 0.5) is 5.69 Å². The molecule has 2 amide bonds. The molecule has 1 saturated carbocycles. The molecule has 3 aromatic rings. The lowest BCUT2D eigenvalue weighted by Crippen LogP contribution is -2.55. The van der Waals surface area contributed by atoms with E-state index in [1.54, 1.807) is 42.5 Å². The second kappa shape index (κ2) is 15.6. The Bertz CT molecular complexity index is 1510. The van der Waals surface area contributed by atoms with Gasteiger partial charge in [0, 0.05) is 29.1 Å². The Kier molecular flexibility index (Phi) is 11.9. The van der Waals surface area contributed by atoms with Crippen LogP contribution >= 0.6 is 23.2 Å². The van der Waals surface area contributed by atoms with Crippen molar-refractivity contribution >= 4 is 50.7 Å². The maximum atomic E-state index is 14.3. The minimum Gasteiger partial charge on any atom is -0.494 e. The van der Waals surface area contributed by atoms with Crippen LogP contribution in [0.1, 0.15) is 50.2 Å². The van der Waals surface area contributed by atoms with Crippen molar-refractivity contribution in [3.8, 4) is 5.75 Å². The van der Waals surface area contributed by atoms with Crippen molar-refractivity contribution in [1.82, 2.24) is 10.2 Å². The van der Waals surface area contributed by atoms with Gasteiger partial charge in [0.25, 0.3) is 0 Å². The smallest absolute Gasteiger partial charge is 0.244 e. The van der Waals surface area contributed by atoms with Crippen LogP contribution in [-0.4, -0.2) is 56.6 Å². The standard InChI is InChI=1S/C33H39Cl2N3O5S/c1-3-43-29-18-16-28(17-19-29)38(44(2,41)42)23-32(39)37(22-25-14-15-26(34)21-30(25)35)31(20-24-10-6-4-7-11-24)33(40)36-27-12-8-5-9-13-27/h4,6-7,10-11,14-19,21,27,31H,3,5,8-9,12-13,20,22-23H2,1-2H3,(H,36,40)/t31-/m1/s1. The second-order valence-corrected chi connectivity index (χ2v) is 13.8. The summed E-state index contributed by atoms with van der Waals surface area (Å²) < 4.78 is 32.6. The van der Waals surface area contributed by atoms with Gasteiger partial charge in [-0.15, -0.1) is 0 Å². The molecule has 0 spiro atoms. The first-order valence-corrected chi connectivity index (χ1v) is 17.4. The van der Waals surface area contributed by atoms with Crippen LogP contribution in [0.15, 0.2) is 72.8 Å². The number of hydrogen-bond donors (Lipinski definition) is 1. The Morgan fingerprint density at radius 2 is 1.66 bits per heavy atom. The number of nitrogens with zero attached hydrogens (tertiary/aromatic N) is 2. The van der Waals surface area contributed by atoms with Crippen LogP contribution in [0.5, 0.6) is 5.75 Å². The SMILES string of the molecule is CCOc1ccc(N(CC(=O)N(Cc2ccc(Cl)cc2Cl)[C@H](Cc2ccccc2)C(=O)NC2CCCCC2)S(C)(=O)=O)cc1. The summed E-state index contributed by atoms with van der Waals surface area (Å²) in [4.78, 5) is 29.8. The normalized spacial score (nSPS) is 14.5. The van der Waals surface area contributed by atoms with Gasteiger partial charge in [0.05, 0.1) is 18.6 Å². The molecule has 0 heterocycles. The zero-order valence-electron chi connectivity index (χ0n) is 25.0. The van der Waals surface area contributed by atoms with E-state index in [2.05, 4.69) is 5.32 Å². The van der Waals surface area contributed by atoms with Crippen LogP contribution in [0.2, 0.25) is 10.0 Å². The van der Waals surface area contributed by atoms with Gasteiger partial charge in [0.1, 0.15) is 18.3 Å². The van der Waals surface area contributed by atoms with Crippen LogP contribution in [0.3, 0.4) is 0 Å². The van der Waals surface area contributed by atoms with E-state index in [-0.39, 0.29) is 24.9 Å². The van der Waals surface area contributed by atoms with E-state index in [1.165, 1.54) is 4.90 Å². The number of halogens is 2. The van der Waals surface area contributed by atoms with Gasteiger partial charge in [0.2, 0.25) is 21.8 Å². The molecule has 1 N–H and O–H groups in total. The molecule has 1 aliphatic rings. The quantitative estimate of drug-likeness (QED) is 0.234. The number of anilines is 1. The first-order chi connectivity index (χ1) is 21.0. The van der Waals surface area contributed by atoms with Crippen molar-refractivity contribution < 1.29 is 22.7 Å². The van der Waals surface area contributed by atoms with Crippen molar-refractivity contribution in [2.45, 2.75) is 64.1 Å². The molecule has 1 aliphatic carbocycles. The van der Waals surface area contributed by atoms with Crippen LogP contribution in [0.25, 0.3) is 0 Å². The average Bonchev–Trinajstić information content (AvgIpc) is 2.99. The van der Waals surface area contributed by atoms with Gasteiger partial charge in [0.15, 0.2) is 0 Å². The summed E-state index contributed by atoms with van der Waals surface area (Å²) in [5.74, 6) is -0.251. The average molecular weight is 661 g/mol. The van der Waals surface area contributed by atoms with E-state index in [1.807, 2.05) is 37.3 Å². The lowest BCUT2D eigenvalue weighted by atomic mass is 9.94. The van der Waals surface area contributed by atoms with Crippen molar-refractivity contribution in [2.75, 3.05) is 23.7 Å². The predicted octanol–water partition coefficient (Wildman–Crippen LogP) is 6.25. The number of hydrogen-bond acceptors (Lipinski definition) is 5. The molecule has 0 bridgehead atoms. The monoisotopic (exact) mass is 659 g/mol. The number of carbonyl (C=O) groups is 2. The molecule has 44 heavy (non-hydrogen) atoms. The number of amides is 2. The number of nitrogens with one attached hydrogen (secondary N) is 1. The highest BCUT2D eigenvalue weighted by Gasteiger charge is 2.34. The molecule has 0 radical (unpaired) electrons. The first kappa shape index (κ1) is 33.6. The van der Waals surface area contributed by atoms with E-state index in [0.717, 1.165) is 48.2 Å². The van der Waals surface area contributed by atoms with Crippen LogP contribution in [0, 0.1) is 0 Å². The molecule has 11 heteroatoms. The zero-order chi connectivity index (χ0) is 31.7.